The summed E-state index contributed by atoms with van der Waals surface area (Å²) in [6.45, 7) is 3.62. The van der Waals surface area contributed by atoms with Gasteiger partial charge in [-0.2, -0.15) is 8.42 Å². The van der Waals surface area contributed by atoms with Crippen molar-refractivity contribution in [3.8, 4) is 5.75 Å². The Morgan fingerprint density at radius 1 is 0.958 bits per heavy atom. The molecule has 0 radical (unpaired) electrons. The Labute approximate surface area is 281 Å². The molecule has 0 saturated heterocycles. The number of ketones is 2. The number of Topliss-reactive ketones (excluding diaryl/α,β-unsaturated/α-hetero) is 2. The Hall–Kier alpha value is -3.30. The molecule has 268 valence electrons. The van der Waals surface area contributed by atoms with Gasteiger partial charge in [0.2, 0.25) is 5.78 Å². The molecule has 1 saturated carbocycles. The molecule has 13 nitrogen and oxygen atoms in total. The Bertz CT molecular complexity index is 1560. The van der Waals surface area contributed by atoms with E-state index in [1.807, 2.05) is 0 Å². The van der Waals surface area contributed by atoms with Crippen LogP contribution in [-0.2, 0) is 30.1 Å². The molecule has 14 heteroatoms. The molecule has 0 aliphatic heterocycles. The fourth-order valence-electron chi connectivity index (χ4n) is 7.27. The van der Waals surface area contributed by atoms with E-state index < -0.39 is 85.1 Å². The van der Waals surface area contributed by atoms with Crippen molar-refractivity contribution in [2.24, 2.45) is 17.6 Å². The van der Waals surface area contributed by atoms with Gasteiger partial charge >= 0.3 is 0 Å². The maximum Gasteiger partial charge on any atom is 0.264 e. The van der Waals surface area contributed by atoms with E-state index in [2.05, 4.69) is 6.92 Å². The summed E-state index contributed by atoms with van der Waals surface area (Å²) < 4.78 is 29.4. The maximum atomic E-state index is 13.7. The van der Waals surface area contributed by atoms with Crippen LogP contribution in [0.3, 0.4) is 0 Å². The lowest BCUT2D eigenvalue weighted by molar-refractivity contribution is -0.159. The number of nitrogens with zero attached hydrogens (tertiary/aromatic N) is 1. The second kappa shape index (κ2) is 15.5. The number of amides is 1. The van der Waals surface area contributed by atoms with Gasteiger partial charge in [0.1, 0.15) is 22.8 Å². The largest absolute Gasteiger partial charge is 0.508 e. The third-order valence-electron chi connectivity index (χ3n) is 9.78. The number of unbranched alkanes of at least 4 members (excludes halogenated alkanes) is 9. The molecule has 1 fully saturated rings. The Kier molecular flexibility index (Phi) is 12.6. The summed E-state index contributed by atoms with van der Waals surface area (Å²) in [7, 11) is -0.725. The van der Waals surface area contributed by atoms with Crippen LogP contribution >= 0.6 is 0 Å². The maximum absolute atomic E-state index is 13.7. The van der Waals surface area contributed by atoms with E-state index in [1.54, 1.807) is 0 Å². The molecule has 0 unspecified atom stereocenters. The molecular formula is C34H50N2O11S. The zero-order chi connectivity index (χ0) is 36.2. The first-order valence-corrected chi connectivity index (χ1v) is 18.1. The predicted molar refractivity (Wildman–Crippen MR) is 178 cm³/mol. The molecular weight excluding hydrogens is 644 g/mol. The quantitative estimate of drug-likeness (QED) is 0.0894. The van der Waals surface area contributed by atoms with Gasteiger partial charge in [0.15, 0.2) is 11.4 Å². The van der Waals surface area contributed by atoms with Crippen molar-refractivity contribution in [3.63, 3.8) is 0 Å². The number of aliphatic hydroxyl groups excluding tert-OH is 2. The standard InChI is InChI=1S/C22H24N2O8.C12H26O3S/c1-21(31)8-5-4-6-11(25)12(8)16(26)13-9(21)7-10-15(24(2)3)17(27)14(20(23)30)19(29)22(10,32)18(13)28;1-2-3-4-5-6-7-8-9-10-11-12-16(13,14)15/h4-6,9-10,15,25-26,29,31-32H,7H2,1-3H3,(H2,23,30);2-12H2,1H3,(H,13,14,15)/t9-,10-,15-,21+,22-;/m0./s1. The number of fused-ring (bicyclic) bond motifs is 3. The molecule has 4 rings (SSSR count). The van der Waals surface area contributed by atoms with Crippen LogP contribution in [0.2, 0.25) is 0 Å². The molecule has 0 heterocycles. The molecule has 1 amide bonds. The van der Waals surface area contributed by atoms with E-state index in [4.69, 9.17) is 10.3 Å². The van der Waals surface area contributed by atoms with Crippen LogP contribution in [0.15, 0.2) is 35.1 Å². The van der Waals surface area contributed by atoms with Crippen molar-refractivity contribution in [1.29, 1.82) is 0 Å². The molecule has 3 aliphatic rings. The summed E-state index contributed by atoms with van der Waals surface area (Å²) in [5.74, 6) is -7.98. The minimum atomic E-state index is -3.73. The van der Waals surface area contributed by atoms with Crippen LogP contribution < -0.4 is 5.73 Å². The van der Waals surface area contributed by atoms with E-state index >= 15 is 0 Å². The highest BCUT2D eigenvalue weighted by atomic mass is 32.2. The SMILES string of the molecule is CCCCCCCCCCCCS(=O)(=O)O.CN(C)[C@@H]1C(=O)C(C(N)=O)=C(O)[C@@]2(O)C(=O)C3=C(O)c4c(O)cccc4[C@@](C)(O)[C@H]3C[C@@H]12. The lowest BCUT2D eigenvalue weighted by Crippen LogP contribution is -2.67. The molecule has 5 atom stereocenters. The summed E-state index contributed by atoms with van der Waals surface area (Å²) in [5.41, 5.74) is -0.548. The van der Waals surface area contributed by atoms with Gasteiger partial charge in [-0.05, 0) is 45.5 Å². The first kappa shape index (κ1) is 39.1. The van der Waals surface area contributed by atoms with Crippen LogP contribution in [0.4, 0.5) is 0 Å². The van der Waals surface area contributed by atoms with Gasteiger partial charge in [-0.25, -0.2) is 0 Å². The van der Waals surface area contributed by atoms with E-state index in [0.29, 0.717) is 6.42 Å². The summed E-state index contributed by atoms with van der Waals surface area (Å²) >= 11 is 0. The van der Waals surface area contributed by atoms with Gasteiger partial charge in [-0.1, -0.05) is 76.8 Å². The van der Waals surface area contributed by atoms with Gasteiger partial charge in [-0.3, -0.25) is 23.8 Å². The molecule has 8 N–H and O–H groups in total. The lowest BCUT2D eigenvalue weighted by atomic mass is 9.54. The van der Waals surface area contributed by atoms with Gasteiger partial charge in [0, 0.05) is 17.4 Å². The van der Waals surface area contributed by atoms with Crippen molar-refractivity contribution >= 4 is 33.4 Å². The van der Waals surface area contributed by atoms with Gasteiger partial charge < -0.3 is 31.3 Å². The van der Waals surface area contributed by atoms with E-state index in [0.717, 1.165) is 12.8 Å². The van der Waals surface area contributed by atoms with Gasteiger partial charge in [0.25, 0.3) is 16.0 Å². The van der Waals surface area contributed by atoms with Crippen molar-refractivity contribution in [3.05, 3.63) is 46.2 Å². The predicted octanol–water partition coefficient (Wildman–Crippen LogP) is 3.42. The number of carbonyl (C=O) groups is 3. The minimum Gasteiger partial charge on any atom is -0.508 e. The summed E-state index contributed by atoms with van der Waals surface area (Å²) in [5, 5.41) is 54.9. The number of hydrogen-bond acceptors (Lipinski definition) is 11. The highest BCUT2D eigenvalue weighted by Gasteiger charge is 2.66. The number of carbonyl (C=O) groups excluding carboxylic acids is 3. The second-order valence-electron chi connectivity index (χ2n) is 13.4. The molecule has 3 aliphatic carbocycles. The number of likely N-dealkylation sites (N-methyl/N-ethyl adjacent to an activating group) is 1. The molecule has 48 heavy (non-hydrogen) atoms. The second-order valence-corrected chi connectivity index (χ2v) is 15.0. The molecule has 0 bridgehead atoms. The van der Waals surface area contributed by atoms with Crippen molar-refractivity contribution in [2.75, 3.05) is 19.8 Å². The van der Waals surface area contributed by atoms with Crippen LogP contribution in [-0.4, -0.2) is 92.4 Å². The van der Waals surface area contributed by atoms with Crippen molar-refractivity contribution in [1.82, 2.24) is 4.90 Å². The number of rotatable bonds is 13. The van der Waals surface area contributed by atoms with Crippen LogP contribution in [0, 0.1) is 11.8 Å². The Balaban J connectivity index is 0.000000332. The number of hydrogen-bond donors (Lipinski definition) is 7. The summed E-state index contributed by atoms with van der Waals surface area (Å²) in [4.78, 5) is 40.0. The number of aliphatic hydroxyl groups is 4. The number of benzene rings is 1. The topological polar surface area (TPSA) is 236 Å². The Morgan fingerprint density at radius 3 is 2.00 bits per heavy atom. The first-order valence-electron chi connectivity index (χ1n) is 16.5. The summed E-state index contributed by atoms with van der Waals surface area (Å²) in [6.07, 6.45) is 11.5. The van der Waals surface area contributed by atoms with Crippen LogP contribution in [0.5, 0.6) is 5.75 Å². The Morgan fingerprint density at radius 2 is 1.50 bits per heavy atom. The summed E-state index contributed by atoms with van der Waals surface area (Å²) in [6, 6.07) is 3.02. The molecule has 1 aromatic rings. The first-order chi connectivity index (χ1) is 22.3. The zero-order valence-electron chi connectivity index (χ0n) is 28.1. The van der Waals surface area contributed by atoms with Gasteiger partial charge in [-0.15, -0.1) is 0 Å². The molecule has 1 aromatic carbocycles. The third-order valence-corrected chi connectivity index (χ3v) is 10.6. The average Bonchev–Trinajstić information content (AvgIpc) is 2.98. The average molecular weight is 695 g/mol. The smallest absolute Gasteiger partial charge is 0.264 e. The normalized spacial score (nSPS) is 26.9. The number of nitrogens with two attached hydrogens (primary N) is 1. The number of phenolic OH excluding ortho intramolecular Hbond substituents is 1. The lowest BCUT2D eigenvalue weighted by Gasteiger charge is -2.53. The zero-order valence-corrected chi connectivity index (χ0v) is 28.9. The number of primary amides is 1. The number of aromatic hydroxyl groups is 1. The van der Waals surface area contributed by atoms with Crippen molar-refractivity contribution in [2.45, 2.75) is 102 Å². The highest BCUT2D eigenvalue weighted by Crippen LogP contribution is 2.57. The van der Waals surface area contributed by atoms with Gasteiger partial charge in [0.05, 0.1) is 23.0 Å². The fraction of sp³-hybridized carbons (Fsp3) is 0.618. The van der Waals surface area contributed by atoms with E-state index in [-0.39, 0.29) is 23.3 Å². The van der Waals surface area contributed by atoms with Crippen molar-refractivity contribution < 1.29 is 52.9 Å². The number of phenols is 1. The third kappa shape index (κ3) is 7.78. The van der Waals surface area contributed by atoms with Crippen LogP contribution in [0.1, 0.15) is 95.6 Å². The monoisotopic (exact) mass is 694 g/mol. The minimum absolute atomic E-state index is 0.0799. The van der Waals surface area contributed by atoms with E-state index in [1.165, 1.54) is 89.1 Å². The highest BCUT2D eigenvalue weighted by molar-refractivity contribution is 7.85. The fourth-order valence-corrected chi connectivity index (χ4v) is 7.84. The van der Waals surface area contributed by atoms with Crippen LogP contribution in [0.25, 0.3) is 5.76 Å². The molecule has 0 spiro atoms. The van der Waals surface area contributed by atoms with E-state index in [9.17, 15) is 48.3 Å². The molecule has 0 aromatic heterocycles.